The maximum atomic E-state index is 12.8. The molecule has 0 radical (unpaired) electrons. The maximum Gasteiger partial charge on any atom is 0.266 e. The number of nitrogens with one attached hydrogen (secondary N) is 1. The molecule has 0 spiro atoms. The Hall–Kier alpha value is -4.04. The summed E-state index contributed by atoms with van der Waals surface area (Å²) < 4.78 is 11.4. The number of para-hydroxylation sites is 1. The summed E-state index contributed by atoms with van der Waals surface area (Å²) in [5.41, 5.74) is 5.76. The Morgan fingerprint density at radius 2 is 1.85 bits per heavy atom. The Bertz CT molecular complexity index is 1220. The van der Waals surface area contributed by atoms with Gasteiger partial charge in [0.15, 0.2) is 0 Å². The lowest BCUT2D eigenvalue weighted by Crippen LogP contribution is -2.14. The molecule has 1 N–H and O–H groups in total. The van der Waals surface area contributed by atoms with Crippen molar-refractivity contribution in [2.75, 3.05) is 12.4 Å². The molecule has 5 heteroatoms. The topological polar surface area (TPSA) is 71.4 Å². The fourth-order valence-electron chi connectivity index (χ4n) is 3.38. The summed E-state index contributed by atoms with van der Waals surface area (Å²) in [7, 11) is 1.58. The highest BCUT2D eigenvalue weighted by Crippen LogP contribution is 2.28. The third-order valence-electron chi connectivity index (χ3n) is 5.50. The summed E-state index contributed by atoms with van der Waals surface area (Å²) in [6.45, 7) is 6.50. The van der Waals surface area contributed by atoms with Crippen LogP contribution in [0.15, 0.2) is 66.2 Å². The smallest absolute Gasteiger partial charge is 0.266 e. The number of nitrogens with zero attached hydrogens (tertiary/aromatic N) is 1. The van der Waals surface area contributed by atoms with Crippen LogP contribution in [-0.2, 0) is 17.8 Å². The Balaban J connectivity index is 1.87. The molecule has 1 amide bonds. The minimum Gasteiger partial charge on any atom is -0.497 e. The molecule has 0 aliphatic heterocycles. The number of nitriles is 1. The van der Waals surface area contributed by atoms with Crippen molar-refractivity contribution in [3.63, 3.8) is 0 Å². The van der Waals surface area contributed by atoms with Crippen LogP contribution in [0.25, 0.3) is 6.08 Å². The summed E-state index contributed by atoms with van der Waals surface area (Å²) in [4.78, 5) is 12.8. The van der Waals surface area contributed by atoms with E-state index in [9.17, 15) is 10.1 Å². The summed E-state index contributed by atoms with van der Waals surface area (Å²) in [5, 5.41) is 12.5. The van der Waals surface area contributed by atoms with Gasteiger partial charge < -0.3 is 14.8 Å². The van der Waals surface area contributed by atoms with E-state index >= 15 is 0 Å². The molecule has 3 aromatic carbocycles. The van der Waals surface area contributed by atoms with Crippen LogP contribution in [0.4, 0.5) is 5.69 Å². The van der Waals surface area contributed by atoms with Crippen LogP contribution in [0.2, 0.25) is 0 Å². The molecule has 0 unspecified atom stereocenters. The Labute approximate surface area is 195 Å². The summed E-state index contributed by atoms with van der Waals surface area (Å²) in [6, 6.07) is 21.1. The van der Waals surface area contributed by atoms with Crippen molar-refractivity contribution >= 4 is 17.7 Å². The van der Waals surface area contributed by atoms with Crippen molar-refractivity contribution in [2.45, 2.75) is 33.8 Å². The van der Waals surface area contributed by atoms with Crippen LogP contribution in [0.1, 0.15) is 34.7 Å². The molecule has 0 aromatic heterocycles. The standard InChI is InChI=1S/C28H28N2O3/c1-5-22-8-6-7-9-26(22)30-28(31)24(17-29)15-23-12-13-25(32-4)16-27(23)33-18-21-11-10-19(2)20(3)14-21/h6-16H,5,18H2,1-4H3,(H,30,31)/b24-15+. The van der Waals surface area contributed by atoms with Gasteiger partial charge in [-0.1, -0.05) is 43.3 Å². The van der Waals surface area contributed by atoms with Crippen molar-refractivity contribution in [1.29, 1.82) is 5.26 Å². The first-order valence-corrected chi connectivity index (χ1v) is 10.8. The number of hydrogen-bond acceptors (Lipinski definition) is 4. The van der Waals surface area contributed by atoms with Crippen molar-refractivity contribution in [2.24, 2.45) is 0 Å². The van der Waals surface area contributed by atoms with Crippen LogP contribution >= 0.6 is 0 Å². The second-order valence-corrected chi connectivity index (χ2v) is 7.75. The molecule has 168 valence electrons. The van der Waals surface area contributed by atoms with Crippen LogP contribution < -0.4 is 14.8 Å². The lowest BCUT2D eigenvalue weighted by atomic mass is 10.1. The van der Waals surface area contributed by atoms with Crippen LogP contribution in [-0.4, -0.2) is 13.0 Å². The minimum atomic E-state index is -0.464. The van der Waals surface area contributed by atoms with E-state index in [1.807, 2.05) is 43.3 Å². The third-order valence-corrected chi connectivity index (χ3v) is 5.50. The highest BCUT2D eigenvalue weighted by Gasteiger charge is 2.14. The summed E-state index contributed by atoms with van der Waals surface area (Å²) in [6.07, 6.45) is 2.32. The molecule has 5 nitrogen and oxygen atoms in total. The fraction of sp³-hybridized carbons (Fsp3) is 0.214. The highest BCUT2D eigenvalue weighted by molar-refractivity contribution is 6.10. The van der Waals surface area contributed by atoms with E-state index in [4.69, 9.17) is 9.47 Å². The van der Waals surface area contributed by atoms with E-state index in [2.05, 4.69) is 31.3 Å². The van der Waals surface area contributed by atoms with Gasteiger partial charge in [-0.15, -0.1) is 0 Å². The molecule has 0 atom stereocenters. The first-order valence-electron chi connectivity index (χ1n) is 10.8. The second kappa shape index (κ2) is 11.0. The zero-order valence-corrected chi connectivity index (χ0v) is 19.4. The largest absolute Gasteiger partial charge is 0.497 e. The number of aryl methyl sites for hydroxylation is 3. The first kappa shape index (κ1) is 23.6. The molecule has 0 aliphatic rings. The van der Waals surface area contributed by atoms with Gasteiger partial charge in [-0.2, -0.15) is 5.26 Å². The number of anilines is 1. The Morgan fingerprint density at radius 3 is 2.55 bits per heavy atom. The van der Waals surface area contributed by atoms with Crippen LogP contribution in [0, 0.1) is 25.2 Å². The number of carbonyl (C=O) groups excluding carboxylic acids is 1. The van der Waals surface area contributed by atoms with Gasteiger partial charge >= 0.3 is 0 Å². The summed E-state index contributed by atoms with van der Waals surface area (Å²) in [5.74, 6) is 0.693. The molecule has 0 aliphatic carbocycles. The van der Waals surface area contributed by atoms with E-state index in [0.717, 1.165) is 17.5 Å². The van der Waals surface area contributed by atoms with E-state index in [0.29, 0.717) is 29.4 Å². The number of amides is 1. The highest BCUT2D eigenvalue weighted by atomic mass is 16.5. The Kier molecular flexibility index (Phi) is 7.88. The van der Waals surface area contributed by atoms with Gasteiger partial charge in [-0.05, 0) is 66.8 Å². The second-order valence-electron chi connectivity index (χ2n) is 7.75. The molecule has 0 fully saturated rings. The molecule has 0 saturated heterocycles. The van der Waals surface area contributed by atoms with Gasteiger partial charge in [0.05, 0.1) is 7.11 Å². The van der Waals surface area contributed by atoms with Crippen LogP contribution in [0.5, 0.6) is 11.5 Å². The maximum absolute atomic E-state index is 12.8. The van der Waals surface area contributed by atoms with Crippen molar-refractivity contribution in [3.05, 3.63) is 94.1 Å². The van der Waals surface area contributed by atoms with Gasteiger partial charge in [-0.3, -0.25) is 4.79 Å². The lowest BCUT2D eigenvalue weighted by Gasteiger charge is -2.13. The van der Waals surface area contributed by atoms with Crippen LogP contribution in [0.3, 0.4) is 0 Å². The third kappa shape index (κ3) is 6.02. The zero-order chi connectivity index (χ0) is 23.8. The number of ether oxygens (including phenoxy) is 2. The van der Waals surface area contributed by atoms with E-state index in [-0.39, 0.29) is 5.57 Å². The van der Waals surface area contributed by atoms with Gasteiger partial charge in [0.1, 0.15) is 29.7 Å². The SMILES string of the molecule is CCc1ccccc1NC(=O)/C(C#N)=C/c1ccc(OC)cc1OCc1ccc(C)c(C)c1. The molecule has 3 rings (SSSR count). The average molecular weight is 441 g/mol. The van der Waals surface area contributed by atoms with Gasteiger partial charge in [0.25, 0.3) is 5.91 Å². The normalized spacial score (nSPS) is 10.9. The van der Waals surface area contributed by atoms with Gasteiger partial charge in [0, 0.05) is 17.3 Å². The van der Waals surface area contributed by atoms with Crippen molar-refractivity contribution in [3.8, 4) is 17.6 Å². The number of carbonyl (C=O) groups is 1. The first-order chi connectivity index (χ1) is 15.9. The van der Waals surface area contributed by atoms with E-state index in [1.54, 1.807) is 31.4 Å². The quantitative estimate of drug-likeness (QED) is 0.344. The monoisotopic (exact) mass is 440 g/mol. The molecule has 0 bridgehead atoms. The van der Waals surface area contributed by atoms with Crippen molar-refractivity contribution in [1.82, 2.24) is 0 Å². The van der Waals surface area contributed by atoms with Gasteiger partial charge in [0.2, 0.25) is 0 Å². The number of benzene rings is 3. The predicted octanol–water partition coefficient (Wildman–Crippen LogP) is 6.00. The predicted molar refractivity (Wildman–Crippen MR) is 131 cm³/mol. The molecule has 3 aromatic rings. The van der Waals surface area contributed by atoms with E-state index in [1.165, 1.54) is 11.1 Å². The number of hydrogen-bond donors (Lipinski definition) is 1. The van der Waals surface area contributed by atoms with E-state index < -0.39 is 5.91 Å². The lowest BCUT2D eigenvalue weighted by molar-refractivity contribution is -0.112. The molecule has 33 heavy (non-hydrogen) atoms. The van der Waals surface area contributed by atoms with Gasteiger partial charge in [-0.25, -0.2) is 0 Å². The zero-order valence-electron chi connectivity index (χ0n) is 19.4. The molecule has 0 saturated carbocycles. The minimum absolute atomic E-state index is 0.0119. The average Bonchev–Trinajstić information content (AvgIpc) is 2.83. The number of rotatable bonds is 8. The summed E-state index contributed by atoms with van der Waals surface area (Å²) >= 11 is 0. The fourth-order valence-corrected chi connectivity index (χ4v) is 3.38. The molecular weight excluding hydrogens is 412 g/mol. The number of methoxy groups -OCH3 is 1. The Morgan fingerprint density at radius 1 is 1.06 bits per heavy atom. The molecular formula is C28H28N2O3. The molecule has 0 heterocycles. The van der Waals surface area contributed by atoms with Crippen molar-refractivity contribution < 1.29 is 14.3 Å².